The molecule has 2 heterocycles. The smallest absolute Gasteiger partial charge is 0.226 e. The van der Waals surface area contributed by atoms with Crippen molar-refractivity contribution in [3.63, 3.8) is 0 Å². The van der Waals surface area contributed by atoms with Gasteiger partial charge in [0.2, 0.25) is 5.95 Å². The van der Waals surface area contributed by atoms with Crippen molar-refractivity contribution in [3.8, 4) is 0 Å². The van der Waals surface area contributed by atoms with E-state index < -0.39 is 0 Å². The maximum absolute atomic E-state index is 13.3. The highest BCUT2D eigenvalue weighted by Crippen LogP contribution is 2.43. The highest BCUT2D eigenvalue weighted by atomic mass is 19.1. The second-order valence-electron chi connectivity index (χ2n) is 6.94. The van der Waals surface area contributed by atoms with E-state index in [2.05, 4.69) is 21.5 Å². The zero-order chi connectivity index (χ0) is 18.4. The highest BCUT2D eigenvalue weighted by Gasteiger charge is 2.43. The van der Waals surface area contributed by atoms with Gasteiger partial charge in [0.05, 0.1) is 12.0 Å². The summed E-state index contributed by atoms with van der Waals surface area (Å²) in [7, 11) is 0. The lowest BCUT2D eigenvalue weighted by molar-refractivity contribution is -0.123. The van der Waals surface area contributed by atoms with Crippen LogP contribution in [0.4, 0.5) is 10.3 Å². The van der Waals surface area contributed by atoms with E-state index in [9.17, 15) is 9.18 Å². The normalized spacial score (nSPS) is 23.8. The van der Waals surface area contributed by atoms with Crippen LogP contribution in [0.1, 0.15) is 29.5 Å². The molecule has 6 heteroatoms. The highest BCUT2D eigenvalue weighted by molar-refractivity contribution is 5.88. The number of anilines is 1. The average molecular weight is 360 g/mol. The molecule has 3 atom stereocenters. The SMILES string of the molecule is O=C1C[C@@H](c2ccc(F)cc2)C=C2Nc3ncnn3[C@@H](c3ccccc3)[C@H]12. The third-order valence-corrected chi connectivity index (χ3v) is 5.33. The molecule has 5 rings (SSSR count). The first-order chi connectivity index (χ1) is 13.2. The first-order valence-corrected chi connectivity index (χ1v) is 8.92. The van der Waals surface area contributed by atoms with Gasteiger partial charge in [0.15, 0.2) is 0 Å². The Morgan fingerprint density at radius 1 is 1.04 bits per heavy atom. The molecular formula is C21H17FN4O. The van der Waals surface area contributed by atoms with Crippen LogP contribution in [-0.4, -0.2) is 20.5 Å². The minimum absolute atomic E-state index is 0.0808. The Bertz CT molecular complexity index is 1030. The monoisotopic (exact) mass is 360 g/mol. The fourth-order valence-corrected chi connectivity index (χ4v) is 4.08. The Labute approximate surface area is 155 Å². The first kappa shape index (κ1) is 15.9. The Kier molecular flexibility index (Phi) is 3.63. The minimum Gasteiger partial charge on any atom is -0.328 e. The summed E-state index contributed by atoms with van der Waals surface area (Å²) >= 11 is 0. The molecular weight excluding hydrogens is 343 g/mol. The minimum atomic E-state index is -0.335. The number of nitrogens with one attached hydrogen (secondary N) is 1. The number of fused-ring (bicyclic) bond motifs is 2. The molecule has 0 fully saturated rings. The molecule has 0 radical (unpaired) electrons. The summed E-state index contributed by atoms with van der Waals surface area (Å²) in [6.45, 7) is 0. The summed E-state index contributed by atoms with van der Waals surface area (Å²) in [4.78, 5) is 17.5. The molecule has 0 spiro atoms. The van der Waals surface area contributed by atoms with Gasteiger partial charge in [-0.05, 0) is 23.3 Å². The number of Topliss-reactive ketones (excluding diaryl/α,β-unsaturated/α-hetero) is 1. The Balaban J connectivity index is 1.60. The number of hydrogen-bond donors (Lipinski definition) is 1. The molecule has 2 aliphatic rings. The van der Waals surface area contributed by atoms with Crippen molar-refractivity contribution in [1.82, 2.24) is 14.8 Å². The quantitative estimate of drug-likeness (QED) is 0.757. The molecule has 0 saturated heterocycles. The molecule has 2 aromatic carbocycles. The second kappa shape index (κ2) is 6.16. The van der Waals surface area contributed by atoms with Gasteiger partial charge in [0.1, 0.15) is 17.9 Å². The van der Waals surface area contributed by atoms with Crippen molar-refractivity contribution >= 4 is 11.7 Å². The van der Waals surface area contributed by atoms with E-state index in [1.54, 1.807) is 16.8 Å². The Morgan fingerprint density at radius 2 is 1.81 bits per heavy atom. The standard InChI is InChI=1S/C21H17FN4O/c22-16-8-6-13(7-9-16)15-10-17-19(18(27)11-15)20(14-4-2-1-3-5-14)26-21(25-17)23-12-24-26/h1-10,12,15,19-20H,11H2,(H,23,24,25)/t15-,19-,20-/m0/s1. The number of aromatic nitrogens is 3. The van der Waals surface area contributed by atoms with Gasteiger partial charge >= 0.3 is 0 Å². The second-order valence-corrected chi connectivity index (χ2v) is 6.94. The lowest BCUT2D eigenvalue weighted by atomic mass is 9.76. The largest absolute Gasteiger partial charge is 0.328 e. The summed E-state index contributed by atoms with van der Waals surface area (Å²) in [5.74, 6) is 0.0729. The number of halogens is 1. The number of rotatable bonds is 2. The number of ketones is 1. The molecule has 0 saturated carbocycles. The molecule has 0 amide bonds. The van der Waals surface area contributed by atoms with Crippen LogP contribution in [0, 0.1) is 11.7 Å². The van der Waals surface area contributed by atoms with Gasteiger partial charge in [-0.2, -0.15) is 10.1 Å². The third kappa shape index (κ3) is 2.65. The van der Waals surface area contributed by atoms with Gasteiger partial charge in [-0.15, -0.1) is 0 Å². The fourth-order valence-electron chi connectivity index (χ4n) is 4.08. The van der Waals surface area contributed by atoms with Crippen molar-refractivity contribution in [2.75, 3.05) is 5.32 Å². The van der Waals surface area contributed by atoms with Gasteiger partial charge in [-0.3, -0.25) is 4.79 Å². The predicted molar refractivity (Wildman–Crippen MR) is 98.6 cm³/mol. The van der Waals surface area contributed by atoms with Crippen LogP contribution in [0.3, 0.4) is 0 Å². The zero-order valence-corrected chi connectivity index (χ0v) is 14.4. The molecule has 1 aliphatic heterocycles. The van der Waals surface area contributed by atoms with Crippen molar-refractivity contribution < 1.29 is 9.18 Å². The van der Waals surface area contributed by atoms with Gasteiger partial charge in [0.25, 0.3) is 0 Å². The van der Waals surface area contributed by atoms with Crippen LogP contribution in [-0.2, 0) is 4.79 Å². The first-order valence-electron chi connectivity index (χ1n) is 8.92. The molecule has 1 N–H and O–H groups in total. The summed E-state index contributed by atoms with van der Waals surface area (Å²) < 4.78 is 15.0. The molecule has 5 nitrogen and oxygen atoms in total. The summed E-state index contributed by atoms with van der Waals surface area (Å²) in [5, 5.41) is 7.62. The number of nitrogens with zero attached hydrogens (tertiary/aromatic N) is 3. The van der Waals surface area contributed by atoms with Crippen LogP contribution in [0.25, 0.3) is 0 Å². The van der Waals surface area contributed by atoms with E-state index in [1.807, 2.05) is 30.3 Å². The number of allylic oxidation sites excluding steroid dienone is 2. The maximum Gasteiger partial charge on any atom is 0.226 e. The summed E-state index contributed by atoms with van der Waals surface area (Å²) in [5.41, 5.74) is 2.80. The Morgan fingerprint density at radius 3 is 2.59 bits per heavy atom. The van der Waals surface area contributed by atoms with Crippen molar-refractivity contribution in [3.05, 3.63) is 89.6 Å². The van der Waals surface area contributed by atoms with Crippen LogP contribution in [0.5, 0.6) is 0 Å². The van der Waals surface area contributed by atoms with E-state index in [0.29, 0.717) is 12.4 Å². The van der Waals surface area contributed by atoms with Gasteiger partial charge < -0.3 is 5.32 Å². The van der Waals surface area contributed by atoms with Gasteiger partial charge in [-0.25, -0.2) is 9.07 Å². The zero-order valence-electron chi connectivity index (χ0n) is 14.4. The van der Waals surface area contributed by atoms with E-state index in [-0.39, 0.29) is 29.5 Å². The number of hydrogen-bond acceptors (Lipinski definition) is 4. The Hall–Kier alpha value is -3.28. The number of carbonyl (C=O) groups excluding carboxylic acids is 1. The van der Waals surface area contributed by atoms with Crippen LogP contribution in [0.2, 0.25) is 0 Å². The van der Waals surface area contributed by atoms with Crippen molar-refractivity contribution in [1.29, 1.82) is 0 Å². The molecule has 0 bridgehead atoms. The summed E-state index contributed by atoms with van der Waals surface area (Å²) in [6.07, 6.45) is 3.96. The molecule has 27 heavy (non-hydrogen) atoms. The lowest BCUT2D eigenvalue weighted by Crippen LogP contribution is -2.40. The maximum atomic E-state index is 13.3. The van der Waals surface area contributed by atoms with Crippen molar-refractivity contribution in [2.45, 2.75) is 18.4 Å². The number of carbonyl (C=O) groups is 1. The third-order valence-electron chi connectivity index (χ3n) is 5.33. The van der Waals surface area contributed by atoms with Crippen LogP contribution in [0.15, 0.2) is 72.7 Å². The molecule has 3 aromatic rings. The van der Waals surface area contributed by atoms with Crippen LogP contribution < -0.4 is 5.32 Å². The van der Waals surface area contributed by atoms with Gasteiger partial charge in [-0.1, -0.05) is 48.5 Å². The van der Waals surface area contributed by atoms with E-state index >= 15 is 0 Å². The molecule has 1 aliphatic carbocycles. The lowest BCUT2D eigenvalue weighted by Gasteiger charge is -2.38. The van der Waals surface area contributed by atoms with E-state index in [1.165, 1.54) is 18.5 Å². The average Bonchev–Trinajstić information content (AvgIpc) is 3.15. The van der Waals surface area contributed by atoms with Gasteiger partial charge in [0, 0.05) is 18.0 Å². The predicted octanol–water partition coefficient (Wildman–Crippen LogP) is 3.69. The number of benzene rings is 2. The molecule has 0 unspecified atom stereocenters. The van der Waals surface area contributed by atoms with E-state index in [4.69, 9.17) is 0 Å². The fraction of sp³-hybridized carbons (Fsp3) is 0.190. The summed E-state index contributed by atoms with van der Waals surface area (Å²) in [6, 6.07) is 16.0. The topological polar surface area (TPSA) is 59.8 Å². The van der Waals surface area contributed by atoms with Crippen molar-refractivity contribution in [2.24, 2.45) is 5.92 Å². The molecule has 1 aromatic heterocycles. The van der Waals surface area contributed by atoms with Crippen LogP contribution >= 0.6 is 0 Å². The molecule has 134 valence electrons. The van der Waals surface area contributed by atoms with E-state index in [0.717, 1.165) is 16.8 Å².